The molecule has 1 saturated heterocycles. The third-order valence-electron chi connectivity index (χ3n) is 3.71. The first-order valence-electron chi connectivity index (χ1n) is 7.26. The average Bonchev–Trinajstić information content (AvgIpc) is 3.01. The van der Waals surface area contributed by atoms with Gasteiger partial charge in [-0.1, -0.05) is 42.5 Å². The molecule has 0 atom stereocenters. The molecule has 0 aromatic heterocycles. The van der Waals surface area contributed by atoms with Crippen molar-refractivity contribution in [2.75, 3.05) is 13.2 Å². The molecule has 0 N–H and O–H groups in total. The molecular weight excluding hydrogens is 264 g/mol. The van der Waals surface area contributed by atoms with E-state index >= 15 is 0 Å². The molecule has 2 aromatic rings. The Bertz CT molecular complexity index is 595. The van der Waals surface area contributed by atoms with Crippen LogP contribution in [-0.2, 0) is 16.1 Å². The van der Waals surface area contributed by atoms with Crippen LogP contribution in [0.3, 0.4) is 0 Å². The Morgan fingerprint density at radius 1 is 0.952 bits per heavy atom. The highest BCUT2D eigenvalue weighted by Gasteiger charge is 2.21. The van der Waals surface area contributed by atoms with E-state index in [1.54, 1.807) is 0 Å². The molecule has 0 amide bonds. The highest BCUT2D eigenvalue weighted by atomic mass is 16.7. The molecule has 0 bridgehead atoms. The first-order chi connectivity index (χ1) is 10.3. The largest absolute Gasteiger partial charge is 0.488 e. The number of para-hydroxylation sites is 1. The van der Waals surface area contributed by atoms with Crippen LogP contribution in [0.5, 0.6) is 5.75 Å². The maximum Gasteiger partial charge on any atom is 0.184 e. The number of ether oxygens (including phenoxy) is 3. The lowest BCUT2D eigenvalue weighted by molar-refractivity contribution is -0.0451. The van der Waals surface area contributed by atoms with Gasteiger partial charge in [0.2, 0.25) is 0 Å². The average molecular weight is 284 g/mol. The van der Waals surface area contributed by atoms with E-state index in [2.05, 4.69) is 32.0 Å². The Kier molecular flexibility index (Phi) is 4.23. The zero-order chi connectivity index (χ0) is 14.7. The summed E-state index contributed by atoms with van der Waals surface area (Å²) in [4.78, 5) is 0. The van der Waals surface area contributed by atoms with Crippen molar-refractivity contribution in [3.63, 3.8) is 0 Å². The van der Waals surface area contributed by atoms with Crippen molar-refractivity contribution in [3.8, 4) is 5.75 Å². The fourth-order valence-corrected chi connectivity index (χ4v) is 2.61. The molecule has 1 aliphatic rings. The summed E-state index contributed by atoms with van der Waals surface area (Å²) in [5.41, 5.74) is 4.47. The van der Waals surface area contributed by atoms with Crippen molar-refractivity contribution < 1.29 is 14.2 Å². The minimum absolute atomic E-state index is 0.261. The molecule has 3 rings (SSSR count). The molecule has 3 heteroatoms. The monoisotopic (exact) mass is 284 g/mol. The van der Waals surface area contributed by atoms with Gasteiger partial charge in [-0.15, -0.1) is 0 Å². The minimum Gasteiger partial charge on any atom is -0.488 e. The zero-order valence-electron chi connectivity index (χ0n) is 12.5. The van der Waals surface area contributed by atoms with Crippen molar-refractivity contribution in [3.05, 3.63) is 64.7 Å². The predicted molar refractivity (Wildman–Crippen MR) is 81.3 cm³/mol. The Balaban J connectivity index is 1.79. The molecule has 21 heavy (non-hydrogen) atoms. The van der Waals surface area contributed by atoms with Gasteiger partial charge >= 0.3 is 0 Å². The van der Waals surface area contributed by atoms with Gasteiger partial charge < -0.3 is 14.2 Å². The van der Waals surface area contributed by atoms with Gasteiger partial charge in [-0.2, -0.15) is 0 Å². The first-order valence-corrected chi connectivity index (χ1v) is 7.26. The van der Waals surface area contributed by atoms with E-state index in [0.29, 0.717) is 19.8 Å². The van der Waals surface area contributed by atoms with Crippen LogP contribution >= 0.6 is 0 Å². The summed E-state index contributed by atoms with van der Waals surface area (Å²) in [6, 6.07) is 14.3. The van der Waals surface area contributed by atoms with Crippen LogP contribution in [0.25, 0.3) is 0 Å². The van der Waals surface area contributed by atoms with Crippen LogP contribution in [0.1, 0.15) is 28.5 Å². The predicted octanol–water partition coefficient (Wildman–Crippen LogP) is 3.93. The summed E-state index contributed by atoms with van der Waals surface area (Å²) in [6.07, 6.45) is -0.261. The van der Waals surface area contributed by atoms with Crippen LogP contribution in [0.15, 0.2) is 42.5 Å². The number of aryl methyl sites for hydroxylation is 2. The van der Waals surface area contributed by atoms with Crippen LogP contribution in [0, 0.1) is 13.8 Å². The van der Waals surface area contributed by atoms with E-state index in [1.165, 1.54) is 0 Å². The lowest BCUT2D eigenvalue weighted by Crippen LogP contribution is -2.06. The van der Waals surface area contributed by atoms with Crippen molar-refractivity contribution in [1.29, 1.82) is 0 Å². The van der Waals surface area contributed by atoms with Gasteiger partial charge in [0.25, 0.3) is 0 Å². The fourth-order valence-electron chi connectivity index (χ4n) is 2.61. The highest BCUT2D eigenvalue weighted by Crippen LogP contribution is 2.28. The highest BCUT2D eigenvalue weighted by molar-refractivity contribution is 5.40. The van der Waals surface area contributed by atoms with Crippen molar-refractivity contribution >= 4 is 0 Å². The SMILES string of the molecule is Cc1cccc(C)c1OCc1ccccc1C1OCCO1. The third-order valence-corrected chi connectivity index (χ3v) is 3.71. The van der Waals surface area contributed by atoms with Crippen LogP contribution in [0.2, 0.25) is 0 Å². The van der Waals surface area contributed by atoms with Crippen molar-refractivity contribution in [2.45, 2.75) is 26.7 Å². The molecule has 0 radical (unpaired) electrons. The van der Waals surface area contributed by atoms with Crippen LogP contribution in [0.4, 0.5) is 0 Å². The quantitative estimate of drug-likeness (QED) is 0.851. The first kappa shape index (κ1) is 14.1. The summed E-state index contributed by atoms with van der Waals surface area (Å²) < 4.78 is 17.2. The standard InChI is InChI=1S/C18H20O3/c1-13-6-5-7-14(2)17(13)21-12-15-8-3-4-9-16(15)18-19-10-11-20-18/h3-9,18H,10-12H2,1-2H3. The lowest BCUT2D eigenvalue weighted by atomic mass is 10.1. The molecule has 0 spiro atoms. The normalized spacial score (nSPS) is 15.3. The third kappa shape index (κ3) is 3.09. The lowest BCUT2D eigenvalue weighted by Gasteiger charge is -2.17. The molecule has 0 saturated carbocycles. The topological polar surface area (TPSA) is 27.7 Å². The van der Waals surface area contributed by atoms with Crippen LogP contribution < -0.4 is 4.74 Å². The summed E-state index contributed by atoms with van der Waals surface area (Å²) in [5.74, 6) is 0.959. The minimum atomic E-state index is -0.261. The van der Waals surface area contributed by atoms with Crippen molar-refractivity contribution in [2.24, 2.45) is 0 Å². The molecule has 0 aliphatic carbocycles. The van der Waals surface area contributed by atoms with Gasteiger partial charge in [0, 0.05) is 5.56 Å². The maximum absolute atomic E-state index is 6.04. The molecule has 0 unspecified atom stereocenters. The number of hydrogen-bond donors (Lipinski definition) is 0. The molecule has 3 nitrogen and oxygen atoms in total. The molecule has 110 valence electrons. The van der Waals surface area contributed by atoms with E-state index in [-0.39, 0.29) is 6.29 Å². The molecule has 1 aliphatic heterocycles. The Morgan fingerprint density at radius 2 is 1.62 bits per heavy atom. The van der Waals surface area contributed by atoms with E-state index in [1.807, 2.05) is 24.3 Å². The van der Waals surface area contributed by atoms with Crippen molar-refractivity contribution in [1.82, 2.24) is 0 Å². The second kappa shape index (κ2) is 6.29. The van der Waals surface area contributed by atoms with Gasteiger partial charge in [-0.05, 0) is 30.5 Å². The number of benzene rings is 2. The maximum atomic E-state index is 6.04. The zero-order valence-corrected chi connectivity index (χ0v) is 12.5. The second-order valence-corrected chi connectivity index (χ2v) is 5.28. The smallest absolute Gasteiger partial charge is 0.184 e. The van der Waals surface area contributed by atoms with Gasteiger partial charge in [0.15, 0.2) is 6.29 Å². The molecule has 2 aromatic carbocycles. The molecule has 1 heterocycles. The van der Waals surface area contributed by atoms with Gasteiger partial charge in [0.1, 0.15) is 12.4 Å². The summed E-state index contributed by atoms with van der Waals surface area (Å²) in [5, 5.41) is 0. The van der Waals surface area contributed by atoms with Gasteiger partial charge in [0.05, 0.1) is 13.2 Å². The van der Waals surface area contributed by atoms with Crippen LogP contribution in [-0.4, -0.2) is 13.2 Å². The number of rotatable bonds is 4. The fraction of sp³-hybridized carbons (Fsp3) is 0.333. The van der Waals surface area contributed by atoms with Gasteiger partial charge in [-0.3, -0.25) is 0 Å². The summed E-state index contributed by atoms with van der Waals surface area (Å²) >= 11 is 0. The Labute approximate surface area is 125 Å². The molecular formula is C18H20O3. The Hall–Kier alpha value is -1.84. The summed E-state index contributed by atoms with van der Waals surface area (Å²) in [7, 11) is 0. The molecule has 1 fully saturated rings. The van der Waals surface area contributed by atoms with Gasteiger partial charge in [-0.25, -0.2) is 0 Å². The van der Waals surface area contributed by atoms with E-state index in [9.17, 15) is 0 Å². The number of hydrogen-bond acceptors (Lipinski definition) is 3. The van der Waals surface area contributed by atoms with E-state index < -0.39 is 0 Å². The van der Waals surface area contributed by atoms with E-state index in [4.69, 9.17) is 14.2 Å². The Morgan fingerprint density at radius 3 is 2.33 bits per heavy atom. The van der Waals surface area contributed by atoms with E-state index in [0.717, 1.165) is 28.0 Å². The second-order valence-electron chi connectivity index (χ2n) is 5.28. The summed E-state index contributed by atoms with van der Waals surface area (Å²) in [6.45, 7) is 5.95.